The highest BCUT2D eigenvalue weighted by Crippen LogP contribution is 2.30. The van der Waals surface area contributed by atoms with E-state index >= 15 is 0 Å². The number of unbranched alkanes of at least 4 members (excludes halogenated alkanes) is 1. The van der Waals surface area contributed by atoms with Gasteiger partial charge in [0.25, 0.3) is 0 Å². The highest BCUT2D eigenvalue weighted by atomic mass is 16.5. The second-order valence-corrected chi connectivity index (χ2v) is 9.04. The minimum absolute atomic E-state index is 0.169. The number of benzene rings is 3. The summed E-state index contributed by atoms with van der Waals surface area (Å²) in [6, 6.07) is 21.2. The summed E-state index contributed by atoms with van der Waals surface area (Å²) in [5.74, 6) is 3.47. The Morgan fingerprint density at radius 1 is 0.944 bits per heavy atom. The van der Waals surface area contributed by atoms with Crippen molar-refractivity contribution in [1.29, 1.82) is 0 Å². The van der Waals surface area contributed by atoms with Crippen LogP contribution in [0.1, 0.15) is 73.8 Å². The number of carbonyl (C=O) groups excluding carboxylic acids is 1. The fourth-order valence-corrected chi connectivity index (χ4v) is 3.50. The summed E-state index contributed by atoms with van der Waals surface area (Å²) >= 11 is 0. The minimum Gasteiger partial charge on any atom is -0.481 e. The average molecular weight is 479 g/mol. The Morgan fingerprint density at radius 3 is 2.19 bits per heavy atom. The normalized spacial score (nSPS) is 10.5. The highest BCUT2D eigenvalue weighted by molar-refractivity contribution is 6.08. The van der Waals surface area contributed by atoms with Crippen LogP contribution in [0.15, 0.2) is 66.7 Å². The van der Waals surface area contributed by atoms with Crippen LogP contribution in [-0.4, -0.2) is 22.4 Å². The Balaban J connectivity index is 0.000000840. The lowest BCUT2D eigenvalue weighted by molar-refractivity contribution is 0.103. The van der Waals surface area contributed by atoms with E-state index in [0.29, 0.717) is 28.4 Å². The van der Waals surface area contributed by atoms with Gasteiger partial charge in [0.05, 0.1) is 11.2 Å². The van der Waals surface area contributed by atoms with E-state index in [4.69, 9.17) is 16.1 Å². The number of aryl methyl sites for hydroxylation is 1. The molecular formula is C32H34N2O2. The molecule has 0 radical (unpaired) electrons. The summed E-state index contributed by atoms with van der Waals surface area (Å²) in [5.41, 5.74) is 5.15. The molecule has 0 aliphatic carbocycles. The van der Waals surface area contributed by atoms with Crippen molar-refractivity contribution in [3.63, 3.8) is 0 Å². The molecule has 0 bridgehead atoms. The van der Waals surface area contributed by atoms with Gasteiger partial charge in [-0.25, -0.2) is 9.97 Å². The molecular weight excluding hydrogens is 444 g/mol. The van der Waals surface area contributed by atoms with Crippen molar-refractivity contribution in [3.05, 3.63) is 89.2 Å². The van der Waals surface area contributed by atoms with Crippen molar-refractivity contribution in [2.75, 3.05) is 6.61 Å². The molecule has 0 atom stereocenters. The Kier molecular flexibility index (Phi) is 9.36. The Labute approximate surface area is 214 Å². The van der Waals surface area contributed by atoms with E-state index in [-0.39, 0.29) is 18.2 Å². The molecule has 0 aliphatic heterocycles. The van der Waals surface area contributed by atoms with Gasteiger partial charge in [0, 0.05) is 16.5 Å². The van der Waals surface area contributed by atoms with E-state index in [1.54, 1.807) is 6.07 Å². The molecule has 3 aromatic carbocycles. The molecule has 1 heterocycles. The van der Waals surface area contributed by atoms with Crippen LogP contribution in [0.2, 0.25) is 0 Å². The number of nitrogens with zero attached hydrogens (tertiary/aromatic N) is 2. The number of hydrogen-bond acceptors (Lipinski definition) is 4. The largest absolute Gasteiger partial charge is 0.481 e. The molecule has 4 rings (SSSR count). The summed E-state index contributed by atoms with van der Waals surface area (Å²) in [7, 11) is 0. The summed E-state index contributed by atoms with van der Waals surface area (Å²) in [4.78, 5) is 22.5. The van der Waals surface area contributed by atoms with Crippen LogP contribution in [0, 0.1) is 19.3 Å². The lowest BCUT2D eigenvalue weighted by Crippen LogP contribution is -2.09. The second-order valence-electron chi connectivity index (χ2n) is 9.04. The predicted molar refractivity (Wildman–Crippen MR) is 149 cm³/mol. The zero-order valence-corrected chi connectivity index (χ0v) is 21.8. The Hall–Kier alpha value is -3.97. The first-order valence-corrected chi connectivity index (χ1v) is 12.5. The van der Waals surface area contributed by atoms with Crippen molar-refractivity contribution < 1.29 is 9.53 Å². The molecule has 4 nitrogen and oxygen atoms in total. The van der Waals surface area contributed by atoms with Gasteiger partial charge in [0.1, 0.15) is 12.4 Å². The van der Waals surface area contributed by atoms with Crippen molar-refractivity contribution in [1.82, 2.24) is 9.97 Å². The Morgan fingerprint density at radius 2 is 1.61 bits per heavy atom. The van der Waals surface area contributed by atoms with E-state index in [1.165, 1.54) is 18.4 Å². The van der Waals surface area contributed by atoms with Crippen LogP contribution in [-0.2, 0) is 0 Å². The van der Waals surface area contributed by atoms with Crippen molar-refractivity contribution >= 4 is 16.7 Å². The first kappa shape index (κ1) is 26.6. The van der Waals surface area contributed by atoms with Gasteiger partial charge in [-0.15, -0.1) is 6.42 Å². The fourth-order valence-electron chi connectivity index (χ4n) is 3.50. The van der Waals surface area contributed by atoms with Gasteiger partial charge in [-0.2, -0.15) is 0 Å². The smallest absolute Gasteiger partial charge is 0.230 e. The number of ketones is 1. The fraction of sp³-hybridized carbons (Fsp3) is 0.281. The topological polar surface area (TPSA) is 52.1 Å². The first-order chi connectivity index (χ1) is 17.4. The average Bonchev–Trinajstić information content (AvgIpc) is 2.91. The summed E-state index contributed by atoms with van der Waals surface area (Å²) in [6.45, 7) is 10.8. The molecule has 4 aromatic rings. The van der Waals surface area contributed by atoms with Crippen LogP contribution < -0.4 is 4.74 Å². The monoisotopic (exact) mass is 478 g/mol. The molecule has 0 N–H and O–H groups in total. The SMILES string of the molecule is C#CCOc1ccc2nc(C(=O)c3ccc(C(C)C)cc3)nc(-c3ccc(C)cc3)c2c1.CCCC. The lowest BCUT2D eigenvalue weighted by atomic mass is 10.00. The highest BCUT2D eigenvalue weighted by Gasteiger charge is 2.18. The zero-order valence-electron chi connectivity index (χ0n) is 21.8. The number of ether oxygens (including phenoxy) is 1. The van der Waals surface area contributed by atoms with Gasteiger partial charge >= 0.3 is 0 Å². The van der Waals surface area contributed by atoms with Gasteiger partial charge in [-0.05, 0) is 36.6 Å². The van der Waals surface area contributed by atoms with Gasteiger partial charge in [0.2, 0.25) is 11.6 Å². The van der Waals surface area contributed by atoms with Gasteiger partial charge in [-0.3, -0.25) is 4.79 Å². The molecule has 0 amide bonds. The van der Waals surface area contributed by atoms with Crippen molar-refractivity contribution in [2.45, 2.75) is 53.4 Å². The summed E-state index contributed by atoms with van der Waals surface area (Å²) in [5, 5.41) is 0.801. The van der Waals surface area contributed by atoms with Crippen LogP contribution in [0.25, 0.3) is 22.2 Å². The van der Waals surface area contributed by atoms with Crippen molar-refractivity contribution in [3.8, 4) is 29.4 Å². The zero-order chi connectivity index (χ0) is 26.1. The lowest BCUT2D eigenvalue weighted by Gasteiger charge is -2.11. The quantitative estimate of drug-likeness (QED) is 0.201. The van der Waals surface area contributed by atoms with Crippen molar-refractivity contribution in [2.24, 2.45) is 0 Å². The summed E-state index contributed by atoms with van der Waals surface area (Å²) < 4.78 is 5.59. The van der Waals surface area contributed by atoms with Gasteiger partial charge in [0.15, 0.2) is 0 Å². The maximum Gasteiger partial charge on any atom is 0.230 e. The molecule has 0 saturated heterocycles. The van der Waals surface area contributed by atoms with Crippen LogP contribution >= 0.6 is 0 Å². The molecule has 0 spiro atoms. The maximum absolute atomic E-state index is 13.2. The predicted octanol–water partition coefficient (Wildman–Crippen LogP) is 7.78. The third-order valence-corrected chi connectivity index (χ3v) is 5.86. The van der Waals surface area contributed by atoms with E-state index < -0.39 is 0 Å². The van der Waals surface area contributed by atoms with E-state index in [2.05, 4.69) is 38.6 Å². The summed E-state index contributed by atoms with van der Waals surface area (Å²) in [6.07, 6.45) is 7.96. The molecule has 0 fully saturated rings. The van der Waals surface area contributed by atoms with Crippen LogP contribution in [0.4, 0.5) is 0 Å². The maximum atomic E-state index is 13.2. The standard InChI is InChI=1S/C28H24N2O2.C4H10/c1-5-16-32-23-14-15-25-24(17-23)26(21-8-6-19(4)7-9-21)30-28(29-25)27(31)22-12-10-20(11-13-22)18(2)3;1-3-4-2/h1,6-15,17-18H,16H2,2-4H3;3-4H2,1-2H3. The minimum atomic E-state index is -0.205. The molecule has 0 saturated carbocycles. The number of fused-ring (bicyclic) bond motifs is 1. The molecule has 184 valence electrons. The Bertz CT molecular complexity index is 1350. The molecule has 36 heavy (non-hydrogen) atoms. The van der Waals surface area contributed by atoms with Crippen LogP contribution in [0.5, 0.6) is 5.75 Å². The molecule has 0 unspecified atom stereocenters. The molecule has 1 aromatic heterocycles. The second kappa shape index (κ2) is 12.7. The number of rotatable bonds is 7. The van der Waals surface area contributed by atoms with Crippen LogP contribution in [0.3, 0.4) is 0 Å². The van der Waals surface area contributed by atoms with E-state index in [9.17, 15) is 4.79 Å². The third-order valence-electron chi connectivity index (χ3n) is 5.86. The number of terminal acetylenes is 1. The number of hydrogen-bond donors (Lipinski definition) is 0. The van der Waals surface area contributed by atoms with Gasteiger partial charge in [-0.1, -0.05) is 101 Å². The molecule has 0 aliphatic rings. The number of aromatic nitrogens is 2. The molecule has 4 heteroatoms. The van der Waals surface area contributed by atoms with Gasteiger partial charge < -0.3 is 4.74 Å². The first-order valence-electron chi connectivity index (χ1n) is 12.5. The van der Waals surface area contributed by atoms with E-state index in [1.807, 2.05) is 67.6 Å². The van der Waals surface area contributed by atoms with E-state index in [0.717, 1.165) is 16.5 Å². The number of carbonyl (C=O) groups is 1. The third kappa shape index (κ3) is 6.58.